The molecule has 0 atom stereocenters. The number of nitrogens with one attached hydrogen (secondary N) is 1. The molecule has 4 heteroatoms. The van der Waals surface area contributed by atoms with E-state index in [2.05, 4.69) is 10.3 Å². The molecule has 1 aromatic heterocycles. The number of pyridine rings is 1. The monoisotopic (exact) mass is 255 g/mol. The van der Waals surface area contributed by atoms with Crippen molar-refractivity contribution in [3.8, 4) is 0 Å². The van der Waals surface area contributed by atoms with Crippen molar-refractivity contribution in [1.82, 2.24) is 4.98 Å². The number of carbonyl (C=O) groups excluding carboxylic acids is 1. The maximum absolute atomic E-state index is 11.9. The Morgan fingerprint density at radius 3 is 2.79 bits per heavy atom. The van der Waals surface area contributed by atoms with Crippen molar-refractivity contribution in [3.63, 3.8) is 0 Å². The van der Waals surface area contributed by atoms with Crippen LogP contribution in [0.25, 0.3) is 0 Å². The lowest BCUT2D eigenvalue weighted by atomic mass is 10.1. The molecule has 2 aromatic rings. The van der Waals surface area contributed by atoms with Gasteiger partial charge in [0, 0.05) is 0 Å². The highest BCUT2D eigenvalue weighted by Gasteiger charge is 2.06. The Bertz CT molecular complexity index is 608. The van der Waals surface area contributed by atoms with Crippen LogP contribution in [-0.2, 0) is 11.2 Å². The maximum atomic E-state index is 11.9. The number of amides is 1. The number of hydrogen-bond donors (Lipinski definition) is 2. The Morgan fingerprint density at radius 1 is 1.32 bits per heavy atom. The molecule has 0 radical (unpaired) electrons. The molecule has 0 unspecified atom stereocenters. The van der Waals surface area contributed by atoms with Gasteiger partial charge in [0.25, 0.3) is 0 Å². The highest BCUT2D eigenvalue weighted by Crippen LogP contribution is 2.13. The number of nitrogens with zero attached hydrogens (tertiary/aromatic N) is 1. The fourth-order valence-electron chi connectivity index (χ4n) is 1.83. The molecule has 0 aliphatic heterocycles. The lowest BCUT2D eigenvalue weighted by Crippen LogP contribution is -2.15. The van der Waals surface area contributed by atoms with Crippen molar-refractivity contribution < 1.29 is 4.79 Å². The normalized spacial score (nSPS) is 10.2. The molecule has 0 spiro atoms. The van der Waals surface area contributed by atoms with Crippen LogP contribution in [0.15, 0.2) is 36.5 Å². The van der Waals surface area contributed by atoms with Gasteiger partial charge in [0.1, 0.15) is 5.82 Å². The second kappa shape index (κ2) is 5.52. The Morgan fingerprint density at radius 2 is 2.11 bits per heavy atom. The van der Waals surface area contributed by atoms with E-state index in [0.29, 0.717) is 17.9 Å². The van der Waals surface area contributed by atoms with Crippen molar-refractivity contribution in [1.29, 1.82) is 0 Å². The number of anilines is 2. The minimum atomic E-state index is -0.0812. The Kier molecular flexibility index (Phi) is 3.80. The first kappa shape index (κ1) is 13.1. The van der Waals surface area contributed by atoms with E-state index in [9.17, 15) is 4.79 Å². The van der Waals surface area contributed by atoms with Crippen molar-refractivity contribution in [2.45, 2.75) is 20.3 Å². The number of aryl methyl sites for hydroxylation is 2. The van der Waals surface area contributed by atoms with Crippen molar-refractivity contribution in [2.75, 3.05) is 11.1 Å². The molecule has 1 aromatic carbocycles. The van der Waals surface area contributed by atoms with E-state index in [-0.39, 0.29) is 5.91 Å². The molecule has 19 heavy (non-hydrogen) atoms. The smallest absolute Gasteiger partial charge is 0.229 e. The molecule has 0 saturated carbocycles. The third-order valence-electron chi connectivity index (χ3n) is 2.87. The van der Waals surface area contributed by atoms with E-state index in [4.69, 9.17) is 5.73 Å². The second-order valence-electron chi connectivity index (χ2n) is 4.64. The molecule has 1 amide bonds. The molecule has 4 nitrogen and oxygen atoms in total. The zero-order valence-corrected chi connectivity index (χ0v) is 11.1. The summed E-state index contributed by atoms with van der Waals surface area (Å²) in [5.41, 5.74) is 9.35. The number of nitrogen functional groups attached to an aromatic ring is 1. The van der Waals surface area contributed by atoms with Gasteiger partial charge in [-0.2, -0.15) is 0 Å². The first-order chi connectivity index (χ1) is 9.04. The lowest BCUT2D eigenvalue weighted by Gasteiger charge is -2.07. The molecule has 0 saturated heterocycles. The minimum absolute atomic E-state index is 0.0812. The van der Waals surface area contributed by atoms with Crippen LogP contribution in [-0.4, -0.2) is 10.9 Å². The number of hydrogen-bond acceptors (Lipinski definition) is 3. The van der Waals surface area contributed by atoms with E-state index < -0.39 is 0 Å². The SMILES string of the molecule is Cc1cccc(CC(=O)Nc2cc(C)c(N)cn2)c1. The molecule has 0 aliphatic rings. The van der Waals surface area contributed by atoms with Crippen LogP contribution in [0.4, 0.5) is 11.5 Å². The van der Waals surface area contributed by atoms with Gasteiger partial charge in [-0.25, -0.2) is 4.98 Å². The van der Waals surface area contributed by atoms with Crippen LogP contribution in [0.2, 0.25) is 0 Å². The van der Waals surface area contributed by atoms with Gasteiger partial charge in [-0.1, -0.05) is 29.8 Å². The quantitative estimate of drug-likeness (QED) is 0.885. The fourth-order valence-corrected chi connectivity index (χ4v) is 1.83. The predicted molar refractivity (Wildman–Crippen MR) is 76.9 cm³/mol. The first-order valence-electron chi connectivity index (χ1n) is 6.12. The van der Waals surface area contributed by atoms with E-state index in [1.807, 2.05) is 38.1 Å². The molecular formula is C15H17N3O. The highest BCUT2D eigenvalue weighted by atomic mass is 16.1. The average Bonchev–Trinajstić information content (AvgIpc) is 2.34. The summed E-state index contributed by atoms with van der Waals surface area (Å²) in [7, 11) is 0. The van der Waals surface area contributed by atoms with Crippen LogP contribution in [0.5, 0.6) is 0 Å². The van der Waals surface area contributed by atoms with E-state index >= 15 is 0 Å². The molecule has 3 N–H and O–H groups in total. The fraction of sp³-hybridized carbons (Fsp3) is 0.200. The average molecular weight is 255 g/mol. The van der Waals surface area contributed by atoms with Gasteiger partial charge in [0.2, 0.25) is 5.91 Å². The number of benzene rings is 1. The topological polar surface area (TPSA) is 68.0 Å². The minimum Gasteiger partial charge on any atom is -0.397 e. The van der Waals surface area contributed by atoms with Gasteiger partial charge in [-0.15, -0.1) is 0 Å². The van der Waals surface area contributed by atoms with Gasteiger partial charge in [-0.05, 0) is 31.0 Å². The van der Waals surface area contributed by atoms with Gasteiger partial charge >= 0.3 is 0 Å². The Hall–Kier alpha value is -2.36. The summed E-state index contributed by atoms with van der Waals surface area (Å²) in [6.07, 6.45) is 1.89. The van der Waals surface area contributed by atoms with Crippen LogP contribution in [0.1, 0.15) is 16.7 Å². The summed E-state index contributed by atoms with van der Waals surface area (Å²) >= 11 is 0. The summed E-state index contributed by atoms with van der Waals surface area (Å²) in [5, 5.41) is 2.77. The number of rotatable bonds is 3. The second-order valence-corrected chi connectivity index (χ2v) is 4.64. The van der Waals surface area contributed by atoms with E-state index in [0.717, 1.165) is 16.7 Å². The van der Waals surface area contributed by atoms with Crippen LogP contribution < -0.4 is 11.1 Å². The molecular weight excluding hydrogens is 238 g/mol. The highest BCUT2D eigenvalue weighted by molar-refractivity contribution is 5.91. The number of aromatic nitrogens is 1. The summed E-state index contributed by atoms with van der Waals surface area (Å²) in [4.78, 5) is 16.0. The third-order valence-corrected chi connectivity index (χ3v) is 2.87. The molecule has 98 valence electrons. The largest absolute Gasteiger partial charge is 0.397 e. The van der Waals surface area contributed by atoms with E-state index in [1.54, 1.807) is 12.3 Å². The molecule has 2 rings (SSSR count). The van der Waals surface area contributed by atoms with Crippen molar-refractivity contribution in [2.24, 2.45) is 0 Å². The number of carbonyl (C=O) groups is 1. The van der Waals surface area contributed by atoms with Crippen LogP contribution >= 0.6 is 0 Å². The van der Waals surface area contributed by atoms with Crippen LogP contribution in [0, 0.1) is 13.8 Å². The van der Waals surface area contributed by atoms with Gasteiger partial charge in [0.15, 0.2) is 0 Å². The van der Waals surface area contributed by atoms with Crippen molar-refractivity contribution >= 4 is 17.4 Å². The standard InChI is InChI=1S/C15H17N3O/c1-10-4-3-5-12(6-10)8-15(19)18-14-7-11(2)13(16)9-17-14/h3-7,9H,8,16H2,1-2H3,(H,17,18,19). The van der Waals surface area contributed by atoms with Crippen LogP contribution in [0.3, 0.4) is 0 Å². The molecule has 0 bridgehead atoms. The zero-order chi connectivity index (χ0) is 13.8. The molecule has 0 aliphatic carbocycles. The first-order valence-corrected chi connectivity index (χ1v) is 6.12. The van der Waals surface area contributed by atoms with Gasteiger partial charge in [0.05, 0.1) is 18.3 Å². The predicted octanol–water partition coefficient (Wildman–Crippen LogP) is 2.46. The Labute approximate surface area is 112 Å². The van der Waals surface area contributed by atoms with Gasteiger partial charge < -0.3 is 11.1 Å². The zero-order valence-electron chi connectivity index (χ0n) is 11.1. The lowest BCUT2D eigenvalue weighted by molar-refractivity contribution is -0.115. The summed E-state index contributed by atoms with van der Waals surface area (Å²) < 4.78 is 0. The van der Waals surface area contributed by atoms with E-state index in [1.165, 1.54) is 0 Å². The number of nitrogens with two attached hydrogens (primary N) is 1. The summed E-state index contributed by atoms with van der Waals surface area (Å²) in [6.45, 7) is 3.89. The van der Waals surface area contributed by atoms with Crippen molar-refractivity contribution in [3.05, 3.63) is 53.2 Å². The van der Waals surface area contributed by atoms with Gasteiger partial charge in [-0.3, -0.25) is 4.79 Å². The molecule has 1 heterocycles. The Balaban J connectivity index is 2.03. The maximum Gasteiger partial charge on any atom is 0.229 e. The summed E-state index contributed by atoms with van der Waals surface area (Å²) in [6, 6.07) is 9.66. The summed E-state index contributed by atoms with van der Waals surface area (Å²) in [5.74, 6) is 0.451. The molecule has 0 fully saturated rings. The third kappa shape index (κ3) is 3.55.